The van der Waals surface area contributed by atoms with Gasteiger partial charge in [-0.1, -0.05) is 23.4 Å². The summed E-state index contributed by atoms with van der Waals surface area (Å²) in [4.78, 5) is 0. The van der Waals surface area contributed by atoms with Gasteiger partial charge in [-0.25, -0.2) is 4.68 Å². The fourth-order valence-electron chi connectivity index (χ4n) is 2.49. The zero-order valence-corrected chi connectivity index (χ0v) is 16.0. The smallest absolute Gasteiger partial charge is 0.132 e. The summed E-state index contributed by atoms with van der Waals surface area (Å²) in [5, 5.41) is 47.2. The van der Waals surface area contributed by atoms with Crippen molar-refractivity contribution in [3.05, 3.63) is 39.7 Å². The van der Waals surface area contributed by atoms with Crippen molar-refractivity contribution in [1.82, 2.24) is 15.0 Å². The van der Waals surface area contributed by atoms with Crippen LogP contribution >= 0.6 is 34.4 Å². The van der Waals surface area contributed by atoms with Gasteiger partial charge in [0.05, 0.1) is 12.3 Å². The predicted molar refractivity (Wildman–Crippen MR) is 99.1 cm³/mol. The lowest BCUT2D eigenvalue weighted by atomic mass is 10.0. The number of hydrogen-bond acceptors (Lipinski definition) is 8. The van der Waals surface area contributed by atoms with Gasteiger partial charge < -0.3 is 25.2 Å². The summed E-state index contributed by atoms with van der Waals surface area (Å²) in [5.74, 6) is 0.397. The average molecular weight is 479 g/mol. The minimum atomic E-state index is -1.37. The SMILES string of the molecule is OC[C@@H]1OC(SCc2nnn(-c3ccccc3)c2I)[C@@H](O)[C@H](O)[C@@H]1O. The molecule has 0 aliphatic carbocycles. The highest BCUT2D eigenvalue weighted by Crippen LogP contribution is 2.31. The van der Waals surface area contributed by atoms with Gasteiger partial charge in [-0.05, 0) is 34.7 Å². The van der Waals surface area contributed by atoms with E-state index in [1.807, 2.05) is 30.3 Å². The summed E-state index contributed by atoms with van der Waals surface area (Å²) >= 11 is 3.38. The Morgan fingerprint density at radius 3 is 2.52 bits per heavy atom. The highest BCUT2D eigenvalue weighted by Gasteiger charge is 2.43. The van der Waals surface area contributed by atoms with E-state index < -0.39 is 36.5 Å². The molecule has 0 saturated carbocycles. The van der Waals surface area contributed by atoms with Gasteiger partial charge in [0.25, 0.3) is 0 Å². The molecular weight excluding hydrogens is 461 g/mol. The van der Waals surface area contributed by atoms with Crippen molar-refractivity contribution in [2.75, 3.05) is 6.61 Å². The van der Waals surface area contributed by atoms with E-state index in [0.29, 0.717) is 11.4 Å². The van der Waals surface area contributed by atoms with Crippen LogP contribution in [0, 0.1) is 3.70 Å². The van der Waals surface area contributed by atoms with Crippen molar-refractivity contribution in [2.45, 2.75) is 35.6 Å². The van der Waals surface area contributed by atoms with Gasteiger partial charge >= 0.3 is 0 Å². The number of halogens is 1. The Morgan fingerprint density at radius 1 is 1.12 bits per heavy atom. The molecule has 0 amide bonds. The van der Waals surface area contributed by atoms with Gasteiger partial charge in [-0.2, -0.15) is 0 Å². The molecule has 0 spiro atoms. The predicted octanol–water partition coefficient (Wildman–Crippen LogP) is -0.0950. The Balaban J connectivity index is 1.69. The first-order chi connectivity index (χ1) is 12.0. The molecule has 10 heteroatoms. The van der Waals surface area contributed by atoms with Crippen LogP contribution in [0.3, 0.4) is 0 Å². The maximum atomic E-state index is 10.1. The number of hydrogen-bond donors (Lipinski definition) is 4. The molecule has 4 N–H and O–H groups in total. The van der Waals surface area contributed by atoms with E-state index in [1.165, 1.54) is 11.8 Å². The van der Waals surface area contributed by atoms with Gasteiger partial charge in [0.1, 0.15) is 39.2 Å². The molecule has 1 fully saturated rings. The Labute approximate surface area is 162 Å². The first-order valence-electron chi connectivity index (χ1n) is 7.60. The first kappa shape index (κ1) is 19.0. The number of para-hydroxylation sites is 1. The lowest BCUT2D eigenvalue weighted by molar-refractivity contribution is -0.205. The lowest BCUT2D eigenvalue weighted by Gasteiger charge is -2.39. The Hall–Kier alpha value is -0.760. The summed E-state index contributed by atoms with van der Waals surface area (Å²) < 4.78 is 8.03. The summed E-state index contributed by atoms with van der Waals surface area (Å²) in [6, 6.07) is 9.59. The second-order valence-corrected chi connectivity index (χ2v) is 7.69. The van der Waals surface area contributed by atoms with Crippen LogP contribution in [0.2, 0.25) is 0 Å². The molecule has 1 saturated heterocycles. The largest absolute Gasteiger partial charge is 0.394 e. The molecule has 2 heterocycles. The van der Waals surface area contributed by atoms with Crippen molar-refractivity contribution >= 4 is 34.4 Å². The maximum Gasteiger partial charge on any atom is 0.132 e. The van der Waals surface area contributed by atoms with E-state index in [0.717, 1.165) is 9.39 Å². The third kappa shape index (κ3) is 3.99. The topological polar surface area (TPSA) is 121 Å². The zero-order chi connectivity index (χ0) is 18.0. The van der Waals surface area contributed by atoms with Crippen molar-refractivity contribution in [3.63, 3.8) is 0 Å². The molecule has 25 heavy (non-hydrogen) atoms. The highest BCUT2D eigenvalue weighted by atomic mass is 127. The monoisotopic (exact) mass is 479 g/mol. The number of nitrogens with zero attached hydrogens (tertiary/aromatic N) is 3. The van der Waals surface area contributed by atoms with Crippen molar-refractivity contribution in [1.29, 1.82) is 0 Å². The molecule has 1 aromatic carbocycles. The Kier molecular flexibility index (Phi) is 6.30. The first-order valence-corrected chi connectivity index (χ1v) is 9.73. The number of rotatable bonds is 5. The Morgan fingerprint density at radius 2 is 1.84 bits per heavy atom. The second kappa shape index (κ2) is 8.29. The molecule has 1 aliphatic rings. The van der Waals surface area contributed by atoms with Crippen LogP contribution < -0.4 is 0 Å². The number of aromatic nitrogens is 3. The van der Waals surface area contributed by atoms with E-state index in [1.54, 1.807) is 4.68 Å². The molecular formula is C15H18IN3O5S. The molecule has 3 rings (SSSR count). The third-order valence-electron chi connectivity index (χ3n) is 3.91. The van der Waals surface area contributed by atoms with Crippen molar-refractivity contribution in [3.8, 4) is 5.69 Å². The van der Waals surface area contributed by atoms with Crippen LogP contribution in [0.25, 0.3) is 5.69 Å². The molecule has 1 unspecified atom stereocenters. The summed E-state index contributed by atoms with van der Waals surface area (Å²) in [6.07, 6.45) is -4.89. The van der Waals surface area contributed by atoms with E-state index in [9.17, 15) is 20.4 Å². The minimum absolute atomic E-state index is 0.397. The van der Waals surface area contributed by atoms with Gasteiger partial charge in [-0.3, -0.25) is 0 Å². The molecule has 0 radical (unpaired) electrons. The highest BCUT2D eigenvalue weighted by molar-refractivity contribution is 14.1. The van der Waals surface area contributed by atoms with Gasteiger partial charge in [0.15, 0.2) is 0 Å². The third-order valence-corrected chi connectivity index (χ3v) is 6.15. The number of aliphatic hydroxyl groups is 4. The van der Waals surface area contributed by atoms with E-state index in [4.69, 9.17) is 4.74 Å². The standard InChI is InChI=1S/C15H18IN3O5S/c16-14-9(17-18-19(14)8-4-2-1-3-5-8)7-25-15-13(23)12(22)11(21)10(6-20)24-15/h1-5,10-13,15,20-23H,6-7H2/t10-,11+,12+,13-,15?/m0/s1. The van der Waals surface area contributed by atoms with Crippen LogP contribution in [0.5, 0.6) is 0 Å². The minimum Gasteiger partial charge on any atom is -0.394 e. The summed E-state index contributed by atoms with van der Waals surface area (Å²) in [5.41, 5.74) is 0.822. The number of aliphatic hydroxyl groups excluding tert-OH is 4. The maximum absolute atomic E-state index is 10.1. The van der Waals surface area contributed by atoms with Crippen LogP contribution in [0.1, 0.15) is 5.69 Å². The van der Waals surface area contributed by atoms with E-state index >= 15 is 0 Å². The molecule has 8 nitrogen and oxygen atoms in total. The van der Waals surface area contributed by atoms with Crippen LogP contribution in [-0.2, 0) is 10.5 Å². The zero-order valence-electron chi connectivity index (χ0n) is 13.0. The quantitative estimate of drug-likeness (QED) is 0.440. The van der Waals surface area contributed by atoms with E-state index in [2.05, 4.69) is 32.9 Å². The summed E-state index contributed by atoms with van der Waals surface area (Å²) in [6.45, 7) is -0.441. The van der Waals surface area contributed by atoms with Crippen LogP contribution in [0.4, 0.5) is 0 Å². The van der Waals surface area contributed by atoms with Gasteiger partial charge in [-0.15, -0.1) is 16.9 Å². The molecule has 1 aromatic heterocycles. The molecule has 0 bridgehead atoms. The lowest BCUT2D eigenvalue weighted by Crippen LogP contribution is -2.57. The van der Waals surface area contributed by atoms with Gasteiger partial charge in [0, 0.05) is 5.75 Å². The van der Waals surface area contributed by atoms with Crippen LogP contribution in [-0.4, -0.2) is 71.9 Å². The van der Waals surface area contributed by atoms with Crippen molar-refractivity contribution in [2.24, 2.45) is 0 Å². The number of ether oxygens (including phenoxy) is 1. The number of thioether (sulfide) groups is 1. The fraction of sp³-hybridized carbons (Fsp3) is 0.467. The molecule has 2 aromatic rings. The average Bonchev–Trinajstić information content (AvgIpc) is 3.00. The molecule has 136 valence electrons. The molecule has 5 atom stereocenters. The molecule has 1 aliphatic heterocycles. The Bertz CT molecular complexity index is 702. The number of benzene rings is 1. The van der Waals surface area contributed by atoms with Crippen LogP contribution in [0.15, 0.2) is 30.3 Å². The normalized spacial score (nSPS) is 29.7. The summed E-state index contributed by atoms with van der Waals surface area (Å²) in [7, 11) is 0. The fourth-order valence-corrected chi connectivity index (χ4v) is 4.52. The van der Waals surface area contributed by atoms with E-state index in [-0.39, 0.29) is 0 Å². The van der Waals surface area contributed by atoms with Crippen molar-refractivity contribution < 1.29 is 25.2 Å². The van der Waals surface area contributed by atoms with Gasteiger partial charge in [0.2, 0.25) is 0 Å². The second-order valence-electron chi connectivity index (χ2n) is 5.58.